The van der Waals surface area contributed by atoms with Gasteiger partial charge in [-0.3, -0.25) is 9.59 Å². The van der Waals surface area contributed by atoms with Gasteiger partial charge < -0.3 is 20.8 Å². The van der Waals surface area contributed by atoms with Crippen LogP contribution < -0.4 is 10.6 Å². The molecule has 6 heteroatoms. The molecular weight excluding hydrogens is 308 g/mol. The van der Waals surface area contributed by atoms with Crippen molar-refractivity contribution >= 4 is 11.8 Å². The fourth-order valence-corrected chi connectivity index (χ4v) is 3.02. The average molecular weight is 342 g/mol. The van der Waals surface area contributed by atoms with Crippen molar-refractivity contribution in [2.75, 3.05) is 19.7 Å². The molecule has 2 atom stereocenters. The Balaban J connectivity index is 2.28. The van der Waals surface area contributed by atoms with Crippen molar-refractivity contribution in [3.8, 4) is 0 Å². The van der Waals surface area contributed by atoms with Gasteiger partial charge in [-0.25, -0.2) is 0 Å². The van der Waals surface area contributed by atoms with Crippen LogP contribution in [-0.4, -0.2) is 47.8 Å². The van der Waals surface area contributed by atoms with Gasteiger partial charge in [-0.1, -0.05) is 46.0 Å². The van der Waals surface area contributed by atoms with Gasteiger partial charge in [-0.2, -0.15) is 0 Å². The summed E-state index contributed by atoms with van der Waals surface area (Å²) in [6.07, 6.45) is 6.13. The Morgan fingerprint density at radius 1 is 1.21 bits per heavy atom. The zero-order valence-electron chi connectivity index (χ0n) is 15.1. The molecule has 0 aromatic carbocycles. The van der Waals surface area contributed by atoms with Gasteiger partial charge in [-0.05, 0) is 18.8 Å². The summed E-state index contributed by atoms with van der Waals surface area (Å²) in [4.78, 5) is 23.8. The highest BCUT2D eigenvalue weighted by Crippen LogP contribution is 2.39. The number of aliphatic hydroxyl groups excluding tert-OH is 2. The van der Waals surface area contributed by atoms with Crippen molar-refractivity contribution in [1.29, 1.82) is 0 Å². The first-order valence-corrected chi connectivity index (χ1v) is 9.26. The molecule has 0 spiro atoms. The van der Waals surface area contributed by atoms with E-state index in [-0.39, 0.29) is 25.5 Å². The molecular formula is C18H34N2O4. The molecule has 0 aromatic rings. The lowest BCUT2D eigenvalue weighted by molar-refractivity contribution is -0.139. The summed E-state index contributed by atoms with van der Waals surface area (Å²) in [5.41, 5.74) is -0.822. The Bertz CT molecular complexity index is 398. The predicted molar refractivity (Wildman–Crippen MR) is 93.3 cm³/mol. The van der Waals surface area contributed by atoms with Crippen LogP contribution in [0.5, 0.6) is 0 Å². The summed E-state index contributed by atoms with van der Waals surface area (Å²) >= 11 is 0. The van der Waals surface area contributed by atoms with Crippen LogP contribution in [0.3, 0.4) is 0 Å². The maximum absolute atomic E-state index is 12.1. The molecule has 1 rings (SSSR count). The van der Waals surface area contributed by atoms with Crippen molar-refractivity contribution in [2.45, 2.75) is 71.3 Å². The van der Waals surface area contributed by atoms with Crippen molar-refractivity contribution in [2.24, 2.45) is 11.3 Å². The number of carbonyl (C=O) groups excluding carboxylic acids is 2. The van der Waals surface area contributed by atoms with E-state index in [2.05, 4.69) is 17.6 Å². The van der Waals surface area contributed by atoms with Crippen LogP contribution in [0.1, 0.15) is 65.2 Å². The fourth-order valence-electron chi connectivity index (χ4n) is 3.02. The van der Waals surface area contributed by atoms with Crippen LogP contribution in [0, 0.1) is 11.3 Å². The summed E-state index contributed by atoms with van der Waals surface area (Å²) in [7, 11) is 0. The van der Waals surface area contributed by atoms with Crippen molar-refractivity contribution in [3.05, 3.63) is 0 Å². The second kappa shape index (κ2) is 10.7. The second-order valence-corrected chi connectivity index (χ2v) is 7.31. The summed E-state index contributed by atoms with van der Waals surface area (Å²) in [5.74, 6) is -0.122. The fraction of sp³-hybridized carbons (Fsp3) is 0.889. The zero-order chi connectivity index (χ0) is 18.0. The van der Waals surface area contributed by atoms with Crippen LogP contribution in [0.2, 0.25) is 0 Å². The number of hydrogen-bond donors (Lipinski definition) is 4. The highest BCUT2D eigenvalue weighted by molar-refractivity contribution is 5.82. The molecule has 0 bridgehead atoms. The van der Waals surface area contributed by atoms with E-state index in [9.17, 15) is 19.8 Å². The number of unbranched alkanes of at least 4 members (excludes halogenated alkanes) is 2. The standard InChI is InChI=1S/C18H34N2O4/c1-3-4-5-10-19-15(22)9-11-20-17(24)16(23)18(2,13-21)12-14-7-6-8-14/h14,16,21,23H,3-13H2,1-2H3,(H,19,22)(H,20,24)/t16-,18+/m0/s1. The number of hydrogen-bond acceptors (Lipinski definition) is 4. The van der Waals surface area contributed by atoms with Gasteiger partial charge in [0.1, 0.15) is 6.10 Å². The van der Waals surface area contributed by atoms with E-state index in [1.807, 2.05) is 0 Å². The molecule has 1 aliphatic carbocycles. The van der Waals surface area contributed by atoms with Crippen molar-refractivity contribution < 1.29 is 19.8 Å². The van der Waals surface area contributed by atoms with E-state index < -0.39 is 17.4 Å². The first-order chi connectivity index (χ1) is 11.4. The van der Waals surface area contributed by atoms with Gasteiger partial charge in [0.15, 0.2) is 0 Å². The topological polar surface area (TPSA) is 98.7 Å². The van der Waals surface area contributed by atoms with Gasteiger partial charge in [0, 0.05) is 24.9 Å². The minimum atomic E-state index is -1.25. The zero-order valence-corrected chi connectivity index (χ0v) is 15.1. The molecule has 0 heterocycles. The number of rotatable bonds is 12. The maximum Gasteiger partial charge on any atom is 0.249 e. The SMILES string of the molecule is CCCCCNC(=O)CCNC(=O)[C@H](O)[C@@](C)(CO)CC1CCC1. The van der Waals surface area contributed by atoms with Crippen molar-refractivity contribution in [3.63, 3.8) is 0 Å². The molecule has 1 fully saturated rings. The first kappa shape index (κ1) is 20.9. The Morgan fingerprint density at radius 2 is 1.92 bits per heavy atom. The average Bonchev–Trinajstić information content (AvgIpc) is 2.54. The highest BCUT2D eigenvalue weighted by atomic mass is 16.3. The Morgan fingerprint density at radius 3 is 2.46 bits per heavy atom. The predicted octanol–water partition coefficient (Wildman–Crippen LogP) is 1.35. The number of carbonyl (C=O) groups is 2. The lowest BCUT2D eigenvalue weighted by atomic mass is 9.70. The third kappa shape index (κ3) is 6.77. The van der Waals surface area contributed by atoms with Gasteiger partial charge in [0.05, 0.1) is 6.61 Å². The first-order valence-electron chi connectivity index (χ1n) is 9.26. The maximum atomic E-state index is 12.1. The van der Waals surface area contributed by atoms with Crippen LogP contribution in [0.25, 0.3) is 0 Å². The van der Waals surface area contributed by atoms with E-state index in [1.54, 1.807) is 6.92 Å². The van der Waals surface area contributed by atoms with Crippen LogP contribution in [0.4, 0.5) is 0 Å². The molecule has 2 amide bonds. The largest absolute Gasteiger partial charge is 0.396 e. The molecule has 0 aromatic heterocycles. The van der Waals surface area contributed by atoms with E-state index in [1.165, 1.54) is 6.42 Å². The molecule has 1 saturated carbocycles. The molecule has 6 nitrogen and oxygen atoms in total. The van der Waals surface area contributed by atoms with E-state index in [0.29, 0.717) is 18.9 Å². The smallest absolute Gasteiger partial charge is 0.249 e. The third-order valence-corrected chi connectivity index (χ3v) is 5.00. The number of nitrogens with one attached hydrogen (secondary N) is 2. The van der Waals surface area contributed by atoms with Crippen molar-refractivity contribution in [1.82, 2.24) is 10.6 Å². The number of amides is 2. The van der Waals surface area contributed by atoms with E-state index in [0.717, 1.165) is 32.1 Å². The minimum Gasteiger partial charge on any atom is -0.396 e. The van der Waals surface area contributed by atoms with Crippen LogP contribution in [-0.2, 0) is 9.59 Å². The quantitative estimate of drug-likeness (QED) is 0.402. The number of aliphatic hydroxyl groups is 2. The Hall–Kier alpha value is -1.14. The summed E-state index contributed by atoms with van der Waals surface area (Å²) in [5, 5.41) is 25.3. The molecule has 0 aliphatic heterocycles. The molecule has 0 saturated heterocycles. The molecule has 0 unspecified atom stereocenters. The lowest BCUT2D eigenvalue weighted by Gasteiger charge is -2.38. The van der Waals surface area contributed by atoms with Crippen LogP contribution >= 0.6 is 0 Å². The van der Waals surface area contributed by atoms with E-state index in [4.69, 9.17) is 0 Å². The van der Waals surface area contributed by atoms with Gasteiger partial charge in [-0.15, -0.1) is 0 Å². The molecule has 140 valence electrons. The molecule has 4 N–H and O–H groups in total. The van der Waals surface area contributed by atoms with E-state index >= 15 is 0 Å². The normalized spacial score (nSPS) is 18.3. The van der Waals surface area contributed by atoms with Crippen LogP contribution in [0.15, 0.2) is 0 Å². The molecule has 24 heavy (non-hydrogen) atoms. The Labute approximate surface area is 145 Å². The van der Waals surface area contributed by atoms with Gasteiger partial charge in [0.25, 0.3) is 0 Å². The molecule has 0 radical (unpaired) electrons. The monoisotopic (exact) mass is 342 g/mol. The Kier molecular flexibility index (Phi) is 9.29. The highest BCUT2D eigenvalue weighted by Gasteiger charge is 2.40. The third-order valence-electron chi connectivity index (χ3n) is 5.00. The summed E-state index contributed by atoms with van der Waals surface area (Å²) in [6, 6.07) is 0. The summed E-state index contributed by atoms with van der Waals surface area (Å²) in [6.45, 7) is 4.48. The van der Waals surface area contributed by atoms with Gasteiger partial charge >= 0.3 is 0 Å². The summed E-state index contributed by atoms with van der Waals surface area (Å²) < 4.78 is 0. The molecule has 1 aliphatic rings. The minimum absolute atomic E-state index is 0.0970. The van der Waals surface area contributed by atoms with Gasteiger partial charge in [0.2, 0.25) is 11.8 Å². The lowest BCUT2D eigenvalue weighted by Crippen LogP contribution is -2.48. The second-order valence-electron chi connectivity index (χ2n) is 7.31.